The number of nitrogens with zero attached hydrogens (tertiary/aromatic N) is 2. The molecule has 11 atom stereocenters. The summed E-state index contributed by atoms with van der Waals surface area (Å²) in [6.45, 7) is 16.1. The molecule has 18 heteroatoms. The van der Waals surface area contributed by atoms with Gasteiger partial charge < -0.3 is 49.6 Å². The van der Waals surface area contributed by atoms with E-state index in [4.69, 9.17) is 33.5 Å². The van der Waals surface area contributed by atoms with Crippen molar-refractivity contribution in [2.24, 2.45) is 29.1 Å². The molecule has 5 saturated heterocycles. The molecule has 11 unspecified atom stereocenters. The van der Waals surface area contributed by atoms with Crippen molar-refractivity contribution in [1.82, 2.24) is 25.8 Å². The van der Waals surface area contributed by atoms with E-state index in [1.807, 2.05) is 64.4 Å². The number of ether oxygens (including phenoxy) is 5. The fraction of sp³-hybridized carbons (Fsp3) is 0.729. The molecule has 6 fully saturated rings. The lowest BCUT2D eigenvalue weighted by Gasteiger charge is -2.60. The second-order valence-electron chi connectivity index (χ2n) is 20.0. The number of hydrogen-bond donors (Lipinski definition) is 4. The summed E-state index contributed by atoms with van der Waals surface area (Å²) in [7, 11) is 0. The van der Waals surface area contributed by atoms with Crippen LogP contribution in [0.4, 0.5) is 0 Å². The Balaban J connectivity index is 0.743. The molecule has 66 heavy (non-hydrogen) atoms. The number of nitrogens with one attached hydrogen (secondary N) is 3. The van der Waals surface area contributed by atoms with Gasteiger partial charge in [0.05, 0.1) is 74.4 Å². The van der Waals surface area contributed by atoms with Crippen LogP contribution >= 0.6 is 11.3 Å². The van der Waals surface area contributed by atoms with Gasteiger partial charge in [-0.1, -0.05) is 58.9 Å². The number of likely N-dealkylation sites (tertiary alicyclic amines) is 1. The van der Waals surface area contributed by atoms with E-state index in [9.17, 15) is 24.3 Å². The van der Waals surface area contributed by atoms with Crippen LogP contribution in [0.15, 0.2) is 29.8 Å². The zero-order valence-corrected chi connectivity index (χ0v) is 40.5. The summed E-state index contributed by atoms with van der Waals surface area (Å²) in [5, 5.41) is 19.3. The summed E-state index contributed by atoms with van der Waals surface area (Å²) in [6, 6.07) is 6.07. The number of hydrogen-bond acceptors (Lipinski definition) is 14. The molecule has 366 valence electrons. The van der Waals surface area contributed by atoms with Crippen molar-refractivity contribution in [3.63, 3.8) is 0 Å². The Labute approximate surface area is 392 Å². The Hall–Kier alpha value is -3.59. The van der Waals surface area contributed by atoms with Crippen LogP contribution in [0.3, 0.4) is 0 Å². The molecule has 5 aliphatic heterocycles. The number of aromatic nitrogens is 1. The van der Waals surface area contributed by atoms with Crippen molar-refractivity contribution < 1.29 is 57.7 Å². The molecule has 1 aromatic heterocycles. The van der Waals surface area contributed by atoms with Gasteiger partial charge in [-0.2, -0.15) is 0 Å². The molecule has 0 radical (unpaired) electrons. The van der Waals surface area contributed by atoms with Crippen LogP contribution in [-0.2, 0) is 59.2 Å². The Morgan fingerprint density at radius 2 is 1.65 bits per heavy atom. The van der Waals surface area contributed by atoms with Gasteiger partial charge in [0.1, 0.15) is 12.1 Å². The highest BCUT2D eigenvalue weighted by atomic mass is 32.1. The fourth-order valence-electron chi connectivity index (χ4n) is 10.4. The molecule has 1 spiro atoms. The first-order valence-electron chi connectivity index (χ1n) is 23.7. The monoisotopic (exact) mass is 941 g/mol. The van der Waals surface area contributed by atoms with Crippen molar-refractivity contribution in [3.8, 4) is 10.4 Å². The van der Waals surface area contributed by atoms with E-state index in [2.05, 4.69) is 34.8 Å². The van der Waals surface area contributed by atoms with Gasteiger partial charge in [-0.15, -0.1) is 11.3 Å². The second kappa shape index (κ2) is 21.8. The van der Waals surface area contributed by atoms with Crippen molar-refractivity contribution in [2.75, 3.05) is 52.7 Å². The minimum Gasteiger partial charge on any atom is -0.391 e. The summed E-state index contributed by atoms with van der Waals surface area (Å²) >= 11 is 1.57. The maximum absolute atomic E-state index is 13.9. The number of carbonyl (C=O) groups is 4. The SMILES string of the molecule is Cc1ncsc1-c1ccc(CNC(=O)C2CC(O)CN2C(=O)C(NC(=O)CCOCCOCCOCCNC(=O)CC2OC3OC4(C)CCC5C(C)CCC(C2C)C35OO4)C(C)(C)C)cc1. The molecule has 2 aromatic rings. The lowest BCUT2D eigenvalue weighted by atomic mass is 9.57. The molecule has 6 aliphatic rings. The molecular weight excluding hydrogens is 871 g/mol. The van der Waals surface area contributed by atoms with E-state index >= 15 is 0 Å². The number of aliphatic hydroxyl groups is 1. The highest BCUT2D eigenvalue weighted by Gasteiger charge is 2.69. The van der Waals surface area contributed by atoms with Crippen LogP contribution in [-0.4, -0.2) is 133 Å². The predicted molar refractivity (Wildman–Crippen MR) is 243 cm³/mol. The number of aliphatic hydroxyl groups excluding tert-OH is 1. The Morgan fingerprint density at radius 1 is 0.939 bits per heavy atom. The summed E-state index contributed by atoms with van der Waals surface area (Å²) < 4.78 is 29.8. The van der Waals surface area contributed by atoms with Gasteiger partial charge in [0.25, 0.3) is 0 Å². The maximum atomic E-state index is 13.9. The van der Waals surface area contributed by atoms with Crippen LogP contribution in [0.25, 0.3) is 10.4 Å². The molecular formula is C48H71N5O12S. The van der Waals surface area contributed by atoms with E-state index in [1.54, 1.807) is 11.3 Å². The number of thiazole rings is 1. The van der Waals surface area contributed by atoms with Crippen LogP contribution in [0, 0.1) is 36.0 Å². The van der Waals surface area contributed by atoms with Crippen LogP contribution in [0.1, 0.15) is 97.7 Å². The Kier molecular flexibility index (Phi) is 16.6. The Bertz CT molecular complexity index is 1980. The lowest BCUT2D eigenvalue weighted by Crippen LogP contribution is -2.70. The number of amides is 4. The van der Waals surface area contributed by atoms with Gasteiger partial charge >= 0.3 is 0 Å². The smallest absolute Gasteiger partial charge is 0.246 e. The number of aryl methyl sites for hydroxylation is 1. The third kappa shape index (κ3) is 11.6. The zero-order valence-electron chi connectivity index (χ0n) is 39.6. The summed E-state index contributed by atoms with van der Waals surface area (Å²) in [4.78, 5) is 72.3. The normalized spacial score (nSPS) is 30.9. The molecule has 8 rings (SSSR count). The summed E-state index contributed by atoms with van der Waals surface area (Å²) in [5.41, 5.74) is 3.40. The molecule has 17 nitrogen and oxygen atoms in total. The molecule has 2 bridgehead atoms. The largest absolute Gasteiger partial charge is 0.391 e. The quantitative estimate of drug-likeness (QED) is 0.107. The number of benzene rings is 1. The fourth-order valence-corrected chi connectivity index (χ4v) is 11.3. The highest BCUT2D eigenvalue weighted by Crippen LogP contribution is 2.60. The average molecular weight is 942 g/mol. The second-order valence-corrected chi connectivity index (χ2v) is 20.9. The number of rotatable bonds is 20. The third-order valence-electron chi connectivity index (χ3n) is 14.2. The molecule has 4 amide bonds. The predicted octanol–water partition coefficient (Wildman–Crippen LogP) is 4.42. The number of β-amino-alcohol motifs (C(OH)–C–C–N with tert-alkyl or cyclic N) is 1. The van der Waals surface area contributed by atoms with E-state index in [1.165, 1.54) is 4.90 Å². The van der Waals surface area contributed by atoms with Gasteiger partial charge in [-0.25, -0.2) is 14.8 Å². The maximum Gasteiger partial charge on any atom is 0.246 e. The first-order chi connectivity index (χ1) is 31.5. The minimum atomic E-state index is -0.933. The van der Waals surface area contributed by atoms with Gasteiger partial charge in [0.15, 0.2) is 11.9 Å². The number of carbonyl (C=O) groups excluding carboxylic acids is 4. The van der Waals surface area contributed by atoms with E-state index in [-0.39, 0.29) is 87.1 Å². The van der Waals surface area contributed by atoms with Gasteiger partial charge in [-0.05, 0) is 67.4 Å². The van der Waals surface area contributed by atoms with Gasteiger partial charge in [0, 0.05) is 44.8 Å². The molecule has 6 heterocycles. The van der Waals surface area contributed by atoms with Crippen LogP contribution < -0.4 is 16.0 Å². The van der Waals surface area contributed by atoms with E-state index in [0.717, 1.165) is 47.4 Å². The first-order valence-corrected chi connectivity index (χ1v) is 24.6. The standard InChI is InChI=1S/C48H71N5O12S/c1-29-8-13-36-30(2)38(62-45-48(36)35(29)14-16-47(7,63-45)64-65-48)25-40(56)49-17-19-60-21-23-61-22-20-59-18-15-39(55)52-42(46(4,5)6)44(58)53-27-34(54)24-37(53)43(57)50-26-32-9-11-33(12-10-32)41-31(3)51-28-66-41/h9-12,28-30,34-38,42,45,54H,8,13-27H2,1-7H3,(H,49,56)(H,50,57)(H,52,55). The molecule has 1 aromatic carbocycles. The van der Waals surface area contributed by atoms with Crippen molar-refractivity contribution >= 4 is 35.0 Å². The summed E-state index contributed by atoms with van der Waals surface area (Å²) in [6.07, 6.45) is 2.40. The molecule has 1 saturated carbocycles. The van der Waals surface area contributed by atoms with E-state index < -0.39 is 47.2 Å². The molecule has 4 N–H and O–H groups in total. The Morgan fingerprint density at radius 3 is 2.35 bits per heavy atom. The first kappa shape index (κ1) is 50.3. The average Bonchev–Trinajstić information content (AvgIpc) is 3.82. The van der Waals surface area contributed by atoms with Crippen molar-refractivity contribution in [1.29, 1.82) is 0 Å². The zero-order chi connectivity index (χ0) is 47.2. The van der Waals surface area contributed by atoms with Crippen molar-refractivity contribution in [3.05, 3.63) is 41.0 Å². The topological polar surface area (TPSA) is 205 Å². The van der Waals surface area contributed by atoms with Crippen LogP contribution in [0.5, 0.6) is 0 Å². The lowest BCUT2D eigenvalue weighted by molar-refractivity contribution is -0.570. The van der Waals surface area contributed by atoms with Crippen molar-refractivity contribution in [2.45, 2.75) is 142 Å². The van der Waals surface area contributed by atoms with Gasteiger partial charge in [-0.3, -0.25) is 19.2 Å². The van der Waals surface area contributed by atoms with E-state index in [0.29, 0.717) is 38.9 Å². The van der Waals surface area contributed by atoms with Crippen LogP contribution in [0.2, 0.25) is 0 Å². The van der Waals surface area contributed by atoms with Gasteiger partial charge in [0.2, 0.25) is 29.4 Å². The third-order valence-corrected chi connectivity index (χ3v) is 15.2. The minimum absolute atomic E-state index is 0.00651. The molecule has 1 aliphatic carbocycles. The highest BCUT2D eigenvalue weighted by molar-refractivity contribution is 7.13. The summed E-state index contributed by atoms with van der Waals surface area (Å²) in [5.74, 6) is -1.10. The number of fused-ring (bicyclic) bond motifs is 2.